The fourth-order valence-corrected chi connectivity index (χ4v) is 2.18. The van der Waals surface area contributed by atoms with Crippen molar-refractivity contribution in [2.24, 2.45) is 5.41 Å². The van der Waals surface area contributed by atoms with Gasteiger partial charge in [-0.15, -0.1) is 0 Å². The average molecular weight is 219 g/mol. The van der Waals surface area contributed by atoms with Crippen molar-refractivity contribution < 1.29 is 9.47 Å². The molecule has 16 heavy (non-hydrogen) atoms. The van der Waals surface area contributed by atoms with Crippen molar-refractivity contribution in [1.29, 1.82) is 0 Å². The minimum atomic E-state index is 0.348. The molecule has 1 unspecified atom stereocenters. The van der Waals surface area contributed by atoms with Crippen LogP contribution in [-0.2, 0) is 6.54 Å². The van der Waals surface area contributed by atoms with Crippen LogP contribution in [0.4, 0.5) is 0 Å². The van der Waals surface area contributed by atoms with E-state index in [1.165, 1.54) is 12.0 Å². The first-order valence-electron chi connectivity index (χ1n) is 5.78. The molecule has 0 radical (unpaired) electrons. The van der Waals surface area contributed by atoms with Crippen LogP contribution in [0, 0.1) is 5.41 Å². The first-order chi connectivity index (χ1) is 7.67. The van der Waals surface area contributed by atoms with Crippen LogP contribution < -0.4 is 14.8 Å². The average Bonchev–Trinajstić information content (AvgIpc) is 2.68. The molecule has 1 aromatic carbocycles. The highest BCUT2D eigenvalue weighted by atomic mass is 16.7. The van der Waals surface area contributed by atoms with E-state index in [9.17, 15) is 0 Å². The summed E-state index contributed by atoms with van der Waals surface area (Å²) < 4.78 is 10.8. The van der Waals surface area contributed by atoms with Crippen LogP contribution >= 0.6 is 0 Å². The summed E-state index contributed by atoms with van der Waals surface area (Å²) >= 11 is 0. The molecule has 1 saturated carbocycles. The monoisotopic (exact) mass is 219 g/mol. The molecule has 0 saturated heterocycles. The Morgan fingerprint density at radius 3 is 2.94 bits per heavy atom. The summed E-state index contributed by atoms with van der Waals surface area (Å²) in [5.74, 6) is 1.78. The molecule has 1 aromatic rings. The number of hydrogen-bond acceptors (Lipinski definition) is 3. The maximum absolute atomic E-state index is 5.47. The van der Waals surface area contributed by atoms with Gasteiger partial charge in [0.15, 0.2) is 11.5 Å². The third kappa shape index (κ3) is 1.65. The quantitative estimate of drug-likeness (QED) is 0.846. The minimum Gasteiger partial charge on any atom is -0.454 e. The lowest BCUT2D eigenvalue weighted by Crippen LogP contribution is -2.20. The van der Waals surface area contributed by atoms with Crippen molar-refractivity contribution in [3.05, 3.63) is 23.8 Å². The number of rotatable bonds is 3. The maximum Gasteiger partial charge on any atom is 0.231 e. The van der Waals surface area contributed by atoms with Gasteiger partial charge >= 0.3 is 0 Å². The van der Waals surface area contributed by atoms with Gasteiger partial charge in [0.25, 0.3) is 0 Å². The predicted octanol–water partition coefficient (Wildman–Crippen LogP) is 2.30. The largest absolute Gasteiger partial charge is 0.454 e. The maximum atomic E-state index is 5.47. The molecule has 3 rings (SSSR count). The molecule has 0 bridgehead atoms. The summed E-state index contributed by atoms with van der Waals surface area (Å²) in [5.41, 5.74) is 1.66. The molecule has 1 heterocycles. The molecule has 86 valence electrons. The zero-order valence-electron chi connectivity index (χ0n) is 9.75. The lowest BCUT2D eigenvalue weighted by molar-refractivity contribution is 0.173. The van der Waals surface area contributed by atoms with Crippen LogP contribution in [-0.4, -0.2) is 12.8 Å². The van der Waals surface area contributed by atoms with Gasteiger partial charge in [-0.25, -0.2) is 0 Å². The van der Waals surface area contributed by atoms with Gasteiger partial charge in [-0.2, -0.15) is 0 Å². The van der Waals surface area contributed by atoms with E-state index in [1.807, 2.05) is 12.1 Å². The predicted molar refractivity (Wildman–Crippen MR) is 61.6 cm³/mol. The highest BCUT2D eigenvalue weighted by Crippen LogP contribution is 2.45. The number of benzene rings is 1. The molecule has 0 spiro atoms. The molecule has 0 amide bonds. The Labute approximate surface area is 95.8 Å². The van der Waals surface area contributed by atoms with Crippen LogP contribution in [0.15, 0.2) is 18.2 Å². The standard InChI is InChI=1S/C13H17NO2/c1-13(2)6-11(13)14-7-9-4-3-5-10-12(9)16-8-15-10/h3-5,11,14H,6-8H2,1-2H3. The zero-order valence-corrected chi connectivity index (χ0v) is 9.75. The van der Waals surface area contributed by atoms with Gasteiger partial charge < -0.3 is 14.8 Å². The van der Waals surface area contributed by atoms with E-state index in [2.05, 4.69) is 25.2 Å². The zero-order chi connectivity index (χ0) is 11.2. The van der Waals surface area contributed by atoms with Crippen molar-refractivity contribution in [1.82, 2.24) is 5.32 Å². The van der Waals surface area contributed by atoms with E-state index in [-0.39, 0.29) is 0 Å². The molecule has 0 aromatic heterocycles. The third-order valence-electron chi connectivity index (χ3n) is 3.53. The van der Waals surface area contributed by atoms with E-state index >= 15 is 0 Å². The van der Waals surface area contributed by atoms with Crippen molar-refractivity contribution in [3.63, 3.8) is 0 Å². The smallest absolute Gasteiger partial charge is 0.231 e. The lowest BCUT2D eigenvalue weighted by atomic mass is 10.1. The first-order valence-corrected chi connectivity index (χ1v) is 5.78. The molecule has 1 atom stereocenters. The Kier molecular flexibility index (Phi) is 2.11. The minimum absolute atomic E-state index is 0.348. The molecular weight excluding hydrogens is 202 g/mol. The Balaban J connectivity index is 1.69. The molecule has 2 aliphatic rings. The van der Waals surface area contributed by atoms with Gasteiger partial charge in [0, 0.05) is 18.2 Å². The second-order valence-electron chi connectivity index (χ2n) is 5.28. The van der Waals surface area contributed by atoms with Crippen LogP contribution in [0.25, 0.3) is 0 Å². The van der Waals surface area contributed by atoms with E-state index in [1.54, 1.807) is 0 Å². The van der Waals surface area contributed by atoms with Crippen molar-refractivity contribution >= 4 is 0 Å². The molecular formula is C13H17NO2. The van der Waals surface area contributed by atoms with Crippen LogP contribution in [0.1, 0.15) is 25.8 Å². The van der Waals surface area contributed by atoms with Crippen LogP contribution in [0.5, 0.6) is 11.5 Å². The van der Waals surface area contributed by atoms with Gasteiger partial charge in [0.2, 0.25) is 6.79 Å². The van der Waals surface area contributed by atoms with Crippen molar-refractivity contribution in [2.75, 3.05) is 6.79 Å². The number of nitrogens with one attached hydrogen (secondary N) is 1. The van der Waals surface area contributed by atoms with Gasteiger partial charge in [-0.05, 0) is 17.9 Å². The summed E-state index contributed by atoms with van der Waals surface area (Å²) in [6.45, 7) is 5.79. The highest BCUT2D eigenvalue weighted by molar-refractivity contribution is 5.48. The number of hydrogen-bond donors (Lipinski definition) is 1. The topological polar surface area (TPSA) is 30.5 Å². The van der Waals surface area contributed by atoms with Gasteiger partial charge in [-0.1, -0.05) is 26.0 Å². The fourth-order valence-electron chi connectivity index (χ4n) is 2.18. The molecule has 1 fully saturated rings. The fraction of sp³-hybridized carbons (Fsp3) is 0.538. The summed E-state index contributed by atoms with van der Waals surface area (Å²) in [6.07, 6.45) is 1.26. The Hall–Kier alpha value is -1.22. The second-order valence-corrected chi connectivity index (χ2v) is 5.28. The summed E-state index contributed by atoms with van der Waals surface area (Å²) in [6, 6.07) is 6.71. The lowest BCUT2D eigenvalue weighted by Gasteiger charge is -2.08. The van der Waals surface area contributed by atoms with E-state index in [0.29, 0.717) is 18.2 Å². The van der Waals surface area contributed by atoms with Crippen LogP contribution in [0.2, 0.25) is 0 Å². The Bertz CT molecular complexity index is 414. The van der Waals surface area contributed by atoms with E-state index < -0.39 is 0 Å². The van der Waals surface area contributed by atoms with Gasteiger partial charge in [-0.3, -0.25) is 0 Å². The second kappa shape index (κ2) is 3.39. The van der Waals surface area contributed by atoms with Crippen molar-refractivity contribution in [2.45, 2.75) is 32.9 Å². The number of para-hydroxylation sites is 1. The molecule has 1 aliphatic heterocycles. The molecule has 3 heteroatoms. The van der Waals surface area contributed by atoms with Crippen LogP contribution in [0.3, 0.4) is 0 Å². The molecule has 1 aliphatic carbocycles. The Morgan fingerprint density at radius 2 is 2.19 bits per heavy atom. The summed E-state index contributed by atoms with van der Waals surface area (Å²) in [7, 11) is 0. The Morgan fingerprint density at radius 1 is 1.38 bits per heavy atom. The van der Waals surface area contributed by atoms with E-state index in [4.69, 9.17) is 9.47 Å². The molecule has 3 nitrogen and oxygen atoms in total. The highest BCUT2D eigenvalue weighted by Gasteiger charge is 2.45. The van der Waals surface area contributed by atoms with Gasteiger partial charge in [0.05, 0.1) is 0 Å². The van der Waals surface area contributed by atoms with Crippen molar-refractivity contribution in [3.8, 4) is 11.5 Å². The van der Waals surface area contributed by atoms with E-state index in [0.717, 1.165) is 18.0 Å². The summed E-state index contributed by atoms with van der Waals surface area (Å²) in [5, 5.41) is 3.56. The number of fused-ring (bicyclic) bond motifs is 1. The normalized spacial score (nSPS) is 24.5. The SMILES string of the molecule is CC1(C)CC1NCc1cccc2c1OCO2. The third-order valence-corrected chi connectivity index (χ3v) is 3.53. The first kappa shape index (κ1) is 9.97. The van der Waals surface area contributed by atoms with Gasteiger partial charge in [0.1, 0.15) is 0 Å². The number of ether oxygens (including phenoxy) is 2. The summed E-state index contributed by atoms with van der Waals surface area (Å²) in [4.78, 5) is 0. The molecule has 1 N–H and O–H groups in total.